The summed E-state index contributed by atoms with van der Waals surface area (Å²) in [5.74, 6) is -6.10. The number of benzene rings is 1. The maximum Gasteiger partial charge on any atom is 0.303 e. The minimum atomic E-state index is -1.40. The van der Waals surface area contributed by atoms with E-state index >= 15 is 0 Å². The van der Waals surface area contributed by atoms with Gasteiger partial charge in [-0.05, 0) is 62.3 Å². The summed E-state index contributed by atoms with van der Waals surface area (Å²) in [5, 5.41) is 35.3. The third-order valence-electron chi connectivity index (χ3n) is 6.58. The third-order valence-corrected chi connectivity index (χ3v) is 6.58. The molecule has 1 rings (SSSR count). The van der Waals surface area contributed by atoms with E-state index in [4.69, 9.17) is 16.7 Å². The number of nitrogens with one attached hydrogen (secondary N) is 4. The highest BCUT2D eigenvalue weighted by molar-refractivity contribution is 5.95. The number of hydrogen-bond acceptors (Lipinski definition) is 9. The Hall–Kier alpha value is -4.24. The Morgan fingerprint density at radius 1 is 0.837 bits per heavy atom. The molecule has 0 aliphatic heterocycles. The van der Waals surface area contributed by atoms with E-state index in [9.17, 15) is 39.0 Å². The second-order valence-electron chi connectivity index (χ2n) is 10.7. The highest BCUT2D eigenvalue weighted by Gasteiger charge is 2.32. The molecule has 43 heavy (non-hydrogen) atoms. The number of carbonyl (C=O) groups excluding carboxylic acids is 5. The standard InChI is InChI=1S/C28H44N6O9/c1-16(2)13-18(15-23(36)34-43)26(40)33-22(14-17-6-8-19(35)9-7-17)28(42)32-21(10-11-24(37)38)27(41)31-20(25(30)39)5-3-4-12-29/h6-9,16,18,20-22,35,43H,3-5,10-15,29H2,1-2H3,(H2,30,39)(H,31,41)(H,32,42)(H,33,40)(H,34,36)(H,37,38)/t18-,20+,21+,22+/m1/s1. The van der Waals surface area contributed by atoms with Gasteiger partial charge in [0.1, 0.15) is 23.9 Å². The zero-order valence-electron chi connectivity index (χ0n) is 24.5. The average Bonchev–Trinajstić information content (AvgIpc) is 2.94. The number of aromatic hydroxyl groups is 1. The topological polar surface area (TPSA) is 263 Å². The SMILES string of the molecule is CC(C)C[C@H](CC(=O)NO)C(=O)N[C@@H](Cc1ccc(O)cc1)C(=O)N[C@@H](CCC(=O)O)C(=O)N[C@@H](CCCCN)C(N)=O. The summed E-state index contributed by atoms with van der Waals surface area (Å²) in [6.45, 7) is 4.03. The molecule has 15 nitrogen and oxygen atoms in total. The molecule has 240 valence electrons. The van der Waals surface area contributed by atoms with Crippen LogP contribution in [-0.4, -0.2) is 75.6 Å². The number of phenols is 1. The number of primary amides is 1. The second kappa shape index (κ2) is 19.0. The van der Waals surface area contributed by atoms with Crippen molar-refractivity contribution in [2.24, 2.45) is 23.3 Å². The van der Waals surface area contributed by atoms with E-state index in [1.165, 1.54) is 29.7 Å². The molecule has 0 unspecified atom stereocenters. The van der Waals surface area contributed by atoms with Crippen molar-refractivity contribution in [1.82, 2.24) is 21.4 Å². The van der Waals surface area contributed by atoms with Crippen LogP contribution in [0.15, 0.2) is 24.3 Å². The highest BCUT2D eigenvalue weighted by Crippen LogP contribution is 2.18. The van der Waals surface area contributed by atoms with Gasteiger partial charge in [0.15, 0.2) is 0 Å². The fourth-order valence-electron chi connectivity index (χ4n) is 4.35. The van der Waals surface area contributed by atoms with Crippen molar-refractivity contribution in [2.45, 2.75) is 83.3 Å². The Kier molecular flexibility index (Phi) is 16.3. The number of phenolic OH excluding ortho intramolecular Hbond substituents is 1. The van der Waals surface area contributed by atoms with Crippen molar-refractivity contribution in [2.75, 3.05) is 6.54 Å². The Morgan fingerprint density at radius 2 is 1.42 bits per heavy atom. The average molecular weight is 609 g/mol. The minimum absolute atomic E-state index is 0.0150. The number of nitrogens with two attached hydrogens (primary N) is 2. The van der Waals surface area contributed by atoms with Gasteiger partial charge in [0, 0.05) is 25.2 Å². The summed E-state index contributed by atoms with van der Waals surface area (Å²) < 4.78 is 0. The fourth-order valence-corrected chi connectivity index (χ4v) is 4.35. The lowest BCUT2D eigenvalue weighted by atomic mass is 9.92. The molecule has 5 amide bonds. The van der Waals surface area contributed by atoms with E-state index in [-0.39, 0.29) is 43.8 Å². The second-order valence-corrected chi connectivity index (χ2v) is 10.7. The number of aliphatic carboxylic acids is 1. The maximum absolute atomic E-state index is 13.5. The Balaban J connectivity index is 3.27. The normalized spacial score (nSPS) is 13.7. The lowest BCUT2D eigenvalue weighted by molar-refractivity contribution is -0.139. The smallest absolute Gasteiger partial charge is 0.303 e. The first kappa shape index (κ1) is 36.8. The van der Waals surface area contributed by atoms with Gasteiger partial charge in [-0.25, -0.2) is 5.48 Å². The molecule has 0 aliphatic rings. The molecule has 0 saturated heterocycles. The zero-order chi connectivity index (χ0) is 32.5. The van der Waals surface area contributed by atoms with Crippen LogP contribution in [-0.2, 0) is 35.2 Å². The third kappa shape index (κ3) is 14.5. The van der Waals surface area contributed by atoms with Crippen LogP contribution in [0.4, 0.5) is 0 Å². The van der Waals surface area contributed by atoms with Crippen LogP contribution in [0, 0.1) is 11.8 Å². The zero-order valence-corrected chi connectivity index (χ0v) is 24.5. The van der Waals surface area contributed by atoms with Crippen LogP contribution in [0.25, 0.3) is 0 Å². The summed E-state index contributed by atoms with van der Waals surface area (Å²) in [7, 11) is 0. The van der Waals surface area contributed by atoms with E-state index in [0.29, 0.717) is 24.9 Å². The molecule has 0 aromatic heterocycles. The van der Waals surface area contributed by atoms with Crippen molar-refractivity contribution in [1.29, 1.82) is 0 Å². The summed E-state index contributed by atoms with van der Waals surface area (Å²) in [6.07, 6.45) is 0.261. The van der Waals surface area contributed by atoms with Gasteiger partial charge in [0.2, 0.25) is 29.5 Å². The molecular formula is C28H44N6O9. The molecule has 0 spiro atoms. The minimum Gasteiger partial charge on any atom is -0.508 e. The Morgan fingerprint density at radius 3 is 1.95 bits per heavy atom. The van der Waals surface area contributed by atoms with Crippen molar-refractivity contribution in [3.8, 4) is 5.75 Å². The molecule has 0 aliphatic carbocycles. The van der Waals surface area contributed by atoms with Crippen LogP contribution in [0.3, 0.4) is 0 Å². The first-order chi connectivity index (χ1) is 20.3. The molecule has 1 aromatic rings. The van der Waals surface area contributed by atoms with Crippen molar-refractivity contribution < 1.29 is 44.2 Å². The Labute approximate surface area is 250 Å². The number of hydrogen-bond donors (Lipinski definition) is 9. The van der Waals surface area contributed by atoms with Gasteiger partial charge in [0.25, 0.3) is 0 Å². The lowest BCUT2D eigenvalue weighted by Gasteiger charge is -2.26. The summed E-state index contributed by atoms with van der Waals surface area (Å²) in [4.78, 5) is 75.0. The number of carboxylic acid groups (broad SMARTS) is 1. The van der Waals surface area contributed by atoms with E-state index in [1.807, 2.05) is 13.8 Å². The first-order valence-electron chi connectivity index (χ1n) is 14.1. The summed E-state index contributed by atoms with van der Waals surface area (Å²) >= 11 is 0. The monoisotopic (exact) mass is 608 g/mol. The van der Waals surface area contributed by atoms with Gasteiger partial charge >= 0.3 is 5.97 Å². The molecule has 4 atom stereocenters. The van der Waals surface area contributed by atoms with E-state index < -0.39 is 66.0 Å². The molecular weight excluding hydrogens is 564 g/mol. The van der Waals surface area contributed by atoms with Crippen LogP contribution in [0.5, 0.6) is 5.75 Å². The highest BCUT2D eigenvalue weighted by atomic mass is 16.5. The molecule has 0 bridgehead atoms. The molecule has 0 heterocycles. The summed E-state index contributed by atoms with van der Waals surface area (Å²) in [5.41, 5.74) is 12.9. The number of carbonyl (C=O) groups is 6. The predicted octanol–water partition coefficient (Wildman–Crippen LogP) is -0.574. The van der Waals surface area contributed by atoms with E-state index in [0.717, 1.165) is 0 Å². The number of unbranched alkanes of at least 4 members (excludes halogenated alkanes) is 1. The summed E-state index contributed by atoms with van der Waals surface area (Å²) in [6, 6.07) is 2.06. The van der Waals surface area contributed by atoms with E-state index in [1.54, 1.807) is 0 Å². The number of rotatable bonds is 20. The predicted molar refractivity (Wildman–Crippen MR) is 154 cm³/mol. The van der Waals surface area contributed by atoms with E-state index in [2.05, 4.69) is 16.0 Å². The van der Waals surface area contributed by atoms with Crippen molar-refractivity contribution in [3.05, 3.63) is 29.8 Å². The van der Waals surface area contributed by atoms with Gasteiger partial charge in [-0.3, -0.25) is 34.0 Å². The lowest BCUT2D eigenvalue weighted by Crippen LogP contribution is -2.57. The van der Waals surface area contributed by atoms with Crippen LogP contribution in [0.1, 0.15) is 64.4 Å². The molecule has 0 saturated carbocycles. The van der Waals surface area contributed by atoms with Crippen LogP contribution in [0.2, 0.25) is 0 Å². The van der Waals surface area contributed by atoms with Crippen LogP contribution < -0.4 is 32.9 Å². The van der Waals surface area contributed by atoms with Gasteiger partial charge in [-0.15, -0.1) is 0 Å². The molecule has 15 heteroatoms. The quantitative estimate of drug-likeness (QED) is 0.0517. The molecule has 0 radical (unpaired) electrons. The van der Waals surface area contributed by atoms with Crippen LogP contribution >= 0.6 is 0 Å². The number of amides is 5. The number of carboxylic acids is 1. The van der Waals surface area contributed by atoms with Gasteiger partial charge in [-0.1, -0.05) is 26.0 Å². The molecule has 1 aromatic carbocycles. The number of hydroxylamine groups is 1. The first-order valence-corrected chi connectivity index (χ1v) is 14.1. The van der Waals surface area contributed by atoms with Gasteiger partial charge in [0.05, 0.1) is 0 Å². The van der Waals surface area contributed by atoms with Crippen molar-refractivity contribution in [3.63, 3.8) is 0 Å². The molecule has 11 N–H and O–H groups in total. The fraction of sp³-hybridized carbons (Fsp3) is 0.571. The van der Waals surface area contributed by atoms with Gasteiger partial charge in [-0.2, -0.15) is 0 Å². The maximum atomic E-state index is 13.5. The van der Waals surface area contributed by atoms with Crippen molar-refractivity contribution >= 4 is 35.5 Å². The van der Waals surface area contributed by atoms with Gasteiger partial charge < -0.3 is 37.6 Å². The largest absolute Gasteiger partial charge is 0.508 e. The molecule has 0 fully saturated rings. The Bertz CT molecular complexity index is 1100.